The molecule has 22 heteroatoms. The summed E-state index contributed by atoms with van der Waals surface area (Å²) in [5, 5.41) is 47.9. The molecule has 208 valence electrons. The van der Waals surface area contributed by atoms with Gasteiger partial charge in [0.25, 0.3) is 0 Å². The van der Waals surface area contributed by atoms with Gasteiger partial charge in [-0.25, -0.2) is 24.1 Å². The summed E-state index contributed by atoms with van der Waals surface area (Å²) in [5.74, 6) is 0.0408. The van der Waals surface area contributed by atoms with Gasteiger partial charge in [-0.05, 0) is 0 Å². The lowest BCUT2D eigenvalue weighted by Gasteiger charge is -2.22. The molecule has 19 nitrogen and oxygen atoms in total. The van der Waals surface area contributed by atoms with Crippen LogP contribution >= 0.6 is 28.3 Å². The molecule has 9 atom stereocenters. The first-order valence-corrected chi connectivity index (χ1v) is 13.4. The van der Waals surface area contributed by atoms with Crippen LogP contribution in [-0.2, 0) is 32.0 Å². The normalized spacial score (nSPS) is 27.9. The van der Waals surface area contributed by atoms with Gasteiger partial charge in [-0.2, -0.15) is 4.31 Å². The third-order valence-electron chi connectivity index (χ3n) is 4.99. The van der Waals surface area contributed by atoms with Gasteiger partial charge in [0, 0.05) is 0 Å². The predicted molar refractivity (Wildman–Crippen MR) is 120 cm³/mol. The lowest BCUT2D eigenvalue weighted by atomic mass is 10.1. The minimum atomic E-state index is -5.42. The fourth-order valence-electron chi connectivity index (χ4n) is 3.12. The fraction of sp³-hybridized carbons (Fsp3) is 0.600. The van der Waals surface area contributed by atoms with E-state index >= 15 is 0 Å². The van der Waals surface area contributed by atoms with Gasteiger partial charge in [-0.15, -0.1) is 12.6 Å². The van der Waals surface area contributed by atoms with E-state index in [9.17, 15) is 49.2 Å². The van der Waals surface area contributed by atoms with Gasteiger partial charge >= 0.3 is 15.6 Å². The number of nitrogens with zero attached hydrogens (tertiary/aromatic N) is 4. The molecule has 0 aliphatic carbocycles. The number of hydrogen-bond donors (Lipinski definition) is 9. The number of thiol groups is 1. The smallest absolute Gasteiger partial charge is 0.388 e. The summed E-state index contributed by atoms with van der Waals surface area (Å²) in [6, 6.07) is 0. The first kappa shape index (κ1) is 29.9. The molecule has 0 bridgehead atoms. The average Bonchev–Trinajstić information content (AvgIpc) is 3.36. The molecule has 2 unspecified atom stereocenters. The van der Waals surface area contributed by atoms with Gasteiger partial charge in [0.05, 0.1) is 19.5 Å². The monoisotopic (exact) mass is 591 g/mol. The van der Waals surface area contributed by atoms with Crippen LogP contribution in [0.4, 0.5) is 5.82 Å². The second kappa shape index (κ2) is 11.6. The van der Waals surface area contributed by atoms with Crippen LogP contribution in [0.15, 0.2) is 12.7 Å². The van der Waals surface area contributed by atoms with Crippen LogP contribution in [0.25, 0.3) is 11.2 Å². The summed E-state index contributed by atoms with van der Waals surface area (Å²) in [6.07, 6.45) is -10.1. The lowest BCUT2D eigenvalue weighted by Crippen LogP contribution is -2.42. The highest BCUT2D eigenvalue weighted by Crippen LogP contribution is 2.60. The molecule has 37 heavy (non-hydrogen) atoms. The number of nitrogen functional groups attached to an aromatic ring is 1. The molecule has 1 saturated heterocycles. The number of aromatic nitrogens is 4. The van der Waals surface area contributed by atoms with Gasteiger partial charge < -0.3 is 45.8 Å². The van der Waals surface area contributed by atoms with Crippen molar-refractivity contribution in [2.75, 3.05) is 18.9 Å². The Balaban J connectivity index is 1.58. The maximum Gasteiger partial charge on any atom is 0.481 e. The Hall–Kier alpha value is -1.61. The highest BCUT2D eigenvalue weighted by Gasteiger charge is 2.46. The zero-order chi connectivity index (χ0) is 27.7. The van der Waals surface area contributed by atoms with Gasteiger partial charge in [0.2, 0.25) is 5.12 Å². The van der Waals surface area contributed by atoms with E-state index in [4.69, 9.17) is 10.5 Å². The molecule has 0 amide bonds. The number of fused-ring (bicyclic) bond motifs is 1. The van der Waals surface area contributed by atoms with Crippen LogP contribution in [-0.4, -0.2) is 110 Å². The summed E-state index contributed by atoms with van der Waals surface area (Å²) < 4.78 is 43.7. The third-order valence-corrected chi connectivity index (χ3v) is 7.85. The van der Waals surface area contributed by atoms with E-state index in [1.54, 1.807) is 0 Å². The van der Waals surface area contributed by atoms with E-state index in [-0.39, 0.29) is 17.0 Å². The topological polar surface area (TPSA) is 299 Å². The number of nitrogens with two attached hydrogens (primary N) is 1. The molecule has 0 saturated carbocycles. The first-order chi connectivity index (χ1) is 17.1. The van der Waals surface area contributed by atoms with Gasteiger partial charge in [-0.3, -0.25) is 18.4 Å². The Labute approximate surface area is 212 Å². The van der Waals surface area contributed by atoms with E-state index in [1.807, 2.05) is 0 Å². The Bertz CT molecular complexity index is 1220. The van der Waals surface area contributed by atoms with Crippen molar-refractivity contribution in [1.29, 1.82) is 0 Å². The first-order valence-electron chi connectivity index (χ1n) is 10.0. The van der Waals surface area contributed by atoms with E-state index in [1.165, 1.54) is 10.9 Å². The quantitative estimate of drug-likeness (QED) is 0.0867. The fourth-order valence-corrected chi connectivity index (χ4v) is 5.37. The lowest BCUT2D eigenvalue weighted by molar-refractivity contribution is -0.130. The highest BCUT2D eigenvalue weighted by molar-refractivity contribution is 7.96. The Morgan fingerprint density at radius 2 is 1.78 bits per heavy atom. The molecule has 0 spiro atoms. The number of phosphoric acid groups is 2. The van der Waals surface area contributed by atoms with Crippen LogP contribution in [0.3, 0.4) is 0 Å². The molecule has 1 aliphatic heterocycles. The van der Waals surface area contributed by atoms with Gasteiger partial charge in [0.1, 0.15) is 42.4 Å². The largest absolute Gasteiger partial charge is 0.481 e. The Morgan fingerprint density at radius 3 is 2.43 bits per heavy atom. The molecule has 3 rings (SSSR count). The van der Waals surface area contributed by atoms with Gasteiger partial charge in [-0.1, -0.05) is 0 Å². The highest BCUT2D eigenvalue weighted by atomic mass is 32.1. The molecular weight excluding hydrogens is 568 g/mol. The SMILES string of the molecule is Nc1ncnc2c1ncn2[C@@H]1O[C@H](COP(=O)(O)OP(=O)(O)OC[C@@H](O)[C@@H](O)[C@@H](O)C(=O)S)[C@@H](O)[C@H]1O. The summed E-state index contributed by atoms with van der Waals surface area (Å²) in [6.45, 7) is -2.15. The Kier molecular flexibility index (Phi) is 9.42. The standard InChI is InChI=1S/C15H23N5O14P2S/c16-12-7-13(18-3-17-12)20(4-19-7)14-10(24)9(23)6(33-14)2-32-36(29,30)34-35(27,28)31-1-5(21)8(22)11(25)15(26)37/h3-6,8-11,14,21-25H,1-2H2,(H,26,37)(H,27,28)(H,29,30)(H2,16,17,18)/t5-,6-,8-,9-,10-,11-,14-/m1/s1. The van der Waals surface area contributed by atoms with Crippen molar-refractivity contribution in [3.8, 4) is 0 Å². The number of ether oxygens (including phenoxy) is 1. The zero-order valence-corrected chi connectivity index (χ0v) is 21.0. The molecular formula is C15H23N5O14P2S. The van der Waals surface area contributed by atoms with Crippen molar-refractivity contribution >= 4 is 50.4 Å². The van der Waals surface area contributed by atoms with E-state index in [0.717, 1.165) is 6.33 Å². The molecule has 2 aromatic heterocycles. The number of phosphoric ester groups is 2. The summed E-state index contributed by atoms with van der Waals surface area (Å²) in [4.78, 5) is 42.0. The zero-order valence-electron chi connectivity index (χ0n) is 18.3. The molecule has 0 aromatic carbocycles. The minimum absolute atomic E-state index is 0.0408. The summed E-state index contributed by atoms with van der Waals surface area (Å²) in [7, 11) is -10.8. The molecule has 3 heterocycles. The molecule has 2 aromatic rings. The van der Waals surface area contributed by atoms with Crippen LogP contribution in [0.1, 0.15) is 6.23 Å². The maximum absolute atomic E-state index is 12.1. The number of carbonyl (C=O) groups is 1. The van der Waals surface area contributed by atoms with Crippen LogP contribution < -0.4 is 5.73 Å². The summed E-state index contributed by atoms with van der Waals surface area (Å²) >= 11 is 3.25. The van der Waals surface area contributed by atoms with Crippen LogP contribution in [0.2, 0.25) is 0 Å². The number of aliphatic hydroxyl groups is 5. The summed E-state index contributed by atoms with van der Waals surface area (Å²) in [5.41, 5.74) is 6.04. The molecule has 1 aliphatic rings. The van der Waals surface area contributed by atoms with E-state index < -0.39 is 76.8 Å². The van der Waals surface area contributed by atoms with Crippen LogP contribution in [0.5, 0.6) is 0 Å². The van der Waals surface area contributed by atoms with E-state index in [0.29, 0.717) is 0 Å². The number of aliphatic hydroxyl groups excluding tert-OH is 5. The molecule has 9 N–H and O–H groups in total. The van der Waals surface area contributed by atoms with Crippen molar-refractivity contribution < 1.29 is 67.3 Å². The number of carbonyl (C=O) groups excluding carboxylic acids is 1. The number of anilines is 1. The molecule has 0 radical (unpaired) electrons. The van der Waals surface area contributed by atoms with Gasteiger partial charge in [0.15, 0.2) is 23.8 Å². The average molecular weight is 591 g/mol. The third kappa shape index (κ3) is 7.08. The maximum atomic E-state index is 12.1. The number of rotatable bonds is 12. The van der Waals surface area contributed by atoms with E-state index in [2.05, 4.69) is 40.9 Å². The number of imidazole rings is 1. The number of hydrogen-bond acceptors (Lipinski definition) is 16. The second-order valence-corrected chi connectivity index (χ2v) is 11.1. The van der Waals surface area contributed by atoms with Crippen molar-refractivity contribution in [1.82, 2.24) is 19.5 Å². The Morgan fingerprint density at radius 1 is 1.14 bits per heavy atom. The van der Waals surface area contributed by atoms with Crippen molar-refractivity contribution in [3.63, 3.8) is 0 Å². The van der Waals surface area contributed by atoms with Crippen LogP contribution in [0, 0.1) is 0 Å². The molecule has 1 fully saturated rings. The minimum Gasteiger partial charge on any atom is -0.388 e. The van der Waals surface area contributed by atoms with Crippen molar-refractivity contribution in [2.24, 2.45) is 0 Å². The predicted octanol–water partition coefficient (Wildman–Crippen LogP) is -3.18. The second-order valence-electron chi connectivity index (χ2n) is 7.58. The van der Waals surface area contributed by atoms with Crippen molar-refractivity contribution in [3.05, 3.63) is 12.7 Å². The van der Waals surface area contributed by atoms with Crippen molar-refractivity contribution in [2.45, 2.75) is 42.9 Å².